The first-order chi connectivity index (χ1) is 5.16. The zero-order valence-electron chi connectivity index (χ0n) is 6.52. The third kappa shape index (κ3) is 1.46. The molecule has 0 amide bonds. The maximum atomic E-state index is 9.28. The van der Waals surface area contributed by atoms with Crippen LogP contribution in [0.3, 0.4) is 0 Å². The van der Waals surface area contributed by atoms with Crippen molar-refractivity contribution in [3.8, 4) is 0 Å². The molecule has 11 heavy (non-hydrogen) atoms. The molecule has 64 valence electrons. The third-order valence-corrected chi connectivity index (χ3v) is 1.73. The minimum absolute atomic E-state index is 0.260. The monoisotopic (exact) mass is 160 g/mol. The standard InChI is InChI=1S/C7H12O4/c1-4-6(8)7(9)5(10-2)3-11-4/h3-4,6-9H,1-2H3. The molecular formula is C7H12O4. The van der Waals surface area contributed by atoms with E-state index in [0.29, 0.717) is 0 Å². The molecule has 0 aromatic heterocycles. The summed E-state index contributed by atoms with van der Waals surface area (Å²) in [5.74, 6) is 0.260. The molecular weight excluding hydrogens is 148 g/mol. The maximum absolute atomic E-state index is 9.28. The van der Waals surface area contributed by atoms with Gasteiger partial charge in [0.05, 0.1) is 7.11 Å². The minimum atomic E-state index is -0.969. The van der Waals surface area contributed by atoms with E-state index in [-0.39, 0.29) is 11.9 Å². The average Bonchev–Trinajstić information content (AvgIpc) is 2.01. The van der Waals surface area contributed by atoms with E-state index in [4.69, 9.17) is 9.47 Å². The molecule has 0 spiro atoms. The van der Waals surface area contributed by atoms with Gasteiger partial charge in [0.2, 0.25) is 0 Å². The lowest BCUT2D eigenvalue weighted by molar-refractivity contribution is -0.0826. The third-order valence-electron chi connectivity index (χ3n) is 1.73. The molecule has 4 nitrogen and oxygen atoms in total. The Morgan fingerprint density at radius 3 is 2.73 bits per heavy atom. The SMILES string of the molecule is COC1=COC(C)C(O)C1O. The van der Waals surface area contributed by atoms with E-state index in [9.17, 15) is 10.2 Å². The zero-order chi connectivity index (χ0) is 8.43. The largest absolute Gasteiger partial charge is 0.495 e. The summed E-state index contributed by atoms with van der Waals surface area (Å²) in [5, 5.41) is 18.5. The number of rotatable bonds is 1. The van der Waals surface area contributed by atoms with Gasteiger partial charge in [0.15, 0.2) is 5.76 Å². The van der Waals surface area contributed by atoms with Gasteiger partial charge in [0, 0.05) is 0 Å². The number of methoxy groups -OCH3 is 1. The number of aliphatic hydroxyl groups excluding tert-OH is 2. The quantitative estimate of drug-likeness (QED) is 0.548. The van der Waals surface area contributed by atoms with Crippen LogP contribution in [-0.2, 0) is 9.47 Å². The first-order valence-electron chi connectivity index (χ1n) is 3.42. The summed E-state index contributed by atoms with van der Waals surface area (Å²) in [6.07, 6.45) is -0.940. The summed E-state index contributed by atoms with van der Waals surface area (Å²) in [7, 11) is 1.42. The fraction of sp³-hybridized carbons (Fsp3) is 0.714. The Hall–Kier alpha value is -0.740. The van der Waals surface area contributed by atoms with Crippen LogP contribution in [0.4, 0.5) is 0 Å². The summed E-state index contributed by atoms with van der Waals surface area (Å²) in [4.78, 5) is 0. The van der Waals surface area contributed by atoms with Crippen molar-refractivity contribution in [1.82, 2.24) is 0 Å². The molecule has 0 saturated heterocycles. The van der Waals surface area contributed by atoms with Gasteiger partial charge in [0.1, 0.15) is 24.6 Å². The van der Waals surface area contributed by atoms with Crippen molar-refractivity contribution >= 4 is 0 Å². The van der Waals surface area contributed by atoms with Gasteiger partial charge in [-0.1, -0.05) is 0 Å². The van der Waals surface area contributed by atoms with Crippen LogP contribution >= 0.6 is 0 Å². The van der Waals surface area contributed by atoms with Gasteiger partial charge >= 0.3 is 0 Å². The Morgan fingerprint density at radius 1 is 1.55 bits per heavy atom. The second-order valence-electron chi connectivity index (χ2n) is 2.50. The van der Waals surface area contributed by atoms with E-state index in [1.54, 1.807) is 6.92 Å². The minimum Gasteiger partial charge on any atom is -0.495 e. The predicted octanol–water partition coefficient (Wildman–Crippen LogP) is -0.385. The fourth-order valence-electron chi connectivity index (χ4n) is 0.918. The highest BCUT2D eigenvalue weighted by Gasteiger charge is 2.31. The number of ether oxygens (including phenoxy) is 2. The van der Waals surface area contributed by atoms with E-state index in [1.165, 1.54) is 13.4 Å². The molecule has 1 rings (SSSR count). The lowest BCUT2D eigenvalue weighted by Crippen LogP contribution is -2.41. The van der Waals surface area contributed by atoms with E-state index >= 15 is 0 Å². The van der Waals surface area contributed by atoms with Crippen molar-refractivity contribution in [2.75, 3.05) is 7.11 Å². The molecule has 4 heteroatoms. The first-order valence-corrected chi connectivity index (χ1v) is 3.42. The summed E-state index contributed by atoms with van der Waals surface area (Å²) >= 11 is 0. The molecule has 0 saturated carbocycles. The molecule has 0 fully saturated rings. The van der Waals surface area contributed by atoms with E-state index in [0.717, 1.165) is 0 Å². The van der Waals surface area contributed by atoms with E-state index in [2.05, 4.69) is 0 Å². The van der Waals surface area contributed by atoms with Crippen molar-refractivity contribution < 1.29 is 19.7 Å². The van der Waals surface area contributed by atoms with Crippen LogP contribution in [0.2, 0.25) is 0 Å². The molecule has 1 aliphatic heterocycles. The maximum Gasteiger partial charge on any atom is 0.161 e. The lowest BCUT2D eigenvalue weighted by atomic mass is 10.1. The topological polar surface area (TPSA) is 58.9 Å². The molecule has 0 aromatic carbocycles. The molecule has 0 radical (unpaired) electrons. The van der Waals surface area contributed by atoms with Gasteiger partial charge in [-0.05, 0) is 6.92 Å². The van der Waals surface area contributed by atoms with Crippen molar-refractivity contribution in [1.29, 1.82) is 0 Å². The van der Waals surface area contributed by atoms with Gasteiger partial charge in [-0.2, -0.15) is 0 Å². The average molecular weight is 160 g/mol. The molecule has 2 N–H and O–H groups in total. The number of hydrogen-bond acceptors (Lipinski definition) is 4. The second-order valence-corrected chi connectivity index (χ2v) is 2.50. The van der Waals surface area contributed by atoms with Crippen molar-refractivity contribution in [3.63, 3.8) is 0 Å². The smallest absolute Gasteiger partial charge is 0.161 e. The Morgan fingerprint density at radius 2 is 2.18 bits per heavy atom. The highest BCUT2D eigenvalue weighted by Crippen LogP contribution is 2.18. The highest BCUT2D eigenvalue weighted by molar-refractivity contribution is 5.04. The molecule has 3 atom stereocenters. The van der Waals surface area contributed by atoms with Crippen molar-refractivity contribution in [2.45, 2.75) is 25.2 Å². The summed E-state index contributed by atoms with van der Waals surface area (Å²) < 4.78 is 9.72. The van der Waals surface area contributed by atoms with Crippen molar-refractivity contribution in [3.05, 3.63) is 12.0 Å². The van der Waals surface area contributed by atoms with Crippen LogP contribution < -0.4 is 0 Å². The van der Waals surface area contributed by atoms with Crippen LogP contribution in [0.15, 0.2) is 12.0 Å². The van der Waals surface area contributed by atoms with Gasteiger partial charge in [0.25, 0.3) is 0 Å². The first kappa shape index (κ1) is 8.36. The van der Waals surface area contributed by atoms with Crippen LogP contribution in [0.25, 0.3) is 0 Å². The highest BCUT2D eigenvalue weighted by atomic mass is 16.5. The normalized spacial score (nSPS) is 37.5. The Kier molecular flexibility index (Phi) is 2.36. The zero-order valence-corrected chi connectivity index (χ0v) is 6.52. The lowest BCUT2D eigenvalue weighted by Gasteiger charge is -2.28. The fourth-order valence-corrected chi connectivity index (χ4v) is 0.918. The van der Waals surface area contributed by atoms with E-state index in [1.807, 2.05) is 0 Å². The predicted molar refractivity (Wildman–Crippen MR) is 37.7 cm³/mol. The van der Waals surface area contributed by atoms with E-state index < -0.39 is 12.2 Å². The van der Waals surface area contributed by atoms with Crippen LogP contribution in [0.1, 0.15) is 6.92 Å². The summed E-state index contributed by atoms with van der Waals surface area (Å²) in [5.41, 5.74) is 0. The van der Waals surface area contributed by atoms with Crippen LogP contribution in [0.5, 0.6) is 0 Å². The van der Waals surface area contributed by atoms with Gasteiger partial charge in [-0.3, -0.25) is 0 Å². The van der Waals surface area contributed by atoms with Gasteiger partial charge in [-0.15, -0.1) is 0 Å². The molecule has 0 aliphatic carbocycles. The Bertz CT molecular complexity index is 166. The Labute approximate surface area is 65.0 Å². The molecule has 1 aliphatic rings. The molecule has 0 aromatic rings. The van der Waals surface area contributed by atoms with Crippen LogP contribution in [0, 0.1) is 0 Å². The van der Waals surface area contributed by atoms with Crippen molar-refractivity contribution in [2.24, 2.45) is 0 Å². The van der Waals surface area contributed by atoms with Gasteiger partial charge in [-0.25, -0.2) is 0 Å². The number of hydrogen-bond donors (Lipinski definition) is 2. The molecule has 3 unspecified atom stereocenters. The Balaban J connectivity index is 2.70. The number of aliphatic hydroxyl groups is 2. The summed E-state index contributed by atoms with van der Waals surface area (Å²) in [6, 6.07) is 0. The molecule has 0 bridgehead atoms. The van der Waals surface area contributed by atoms with Gasteiger partial charge < -0.3 is 19.7 Å². The molecule has 1 heterocycles. The second kappa shape index (κ2) is 3.11. The summed E-state index contributed by atoms with van der Waals surface area (Å²) in [6.45, 7) is 1.68. The van der Waals surface area contributed by atoms with Crippen LogP contribution in [-0.4, -0.2) is 35.6 Å².